The quantitative estimate of drug-likeness (QED) is 0.765. The van der Waals surface area contributed by atoms with Crippen molar-refractivity contribution in [3.05, 3.63) is 0 Å². The summed E-state index contributed by atoms with van der Waals surface area (Å²) in [7, 11) is 0. The van der Waals surface area contributed by atoms with E-state index in [0.717, 1.165) is 5.92 Å². The summed E-state index contributed by atoms with van der Waals surface area (Å²) in [5.74, 6) is 0.893. The zero-order valence-corrected chi connectivity index (χ0v) is 10.6. The van der Waals surface area contributed by atoms with Gasteiger partial charge in [0, 0.05) is 18.1 Å². The number of nitrogens with zero attached hydrogens (tertiary/aromatic N) is 1. The van der Waals surface area contributed by atoms with Crippen molar-refractivity contribution >= 4 is 0 Å². The lowest BCUT2D eigenvalue weighted by Gasteiger charge is -2.46. The highest BCUT2D eigenvalue weighted by Crippen LogP contribution is 2.39. The first kappa shape index (κ1) is 11.4. The molecule has 2 rings (SSSR count). The molecule has 1 atom stereocenters. The van der Waals surface area contributed by atoms with Gasteiger partial charge in [-0.2, -0.15) is 0 Å². The summed E-state index contributed by atoms with van der Waals surface area (Å²) in [6.07, 6.45) is 5.70. The van der Waals surface area contributed by atoms with Crippen LogP contribution in [0.3, 0.4) is 0 Å². The van der Waals surface area contributed by atoms with Crippen molar-refractivity contribution in [2.75, 3.05) is 19.6 Å². The highest BCUT2D eigenvalue weighted by Gasteiger charge is 2.40. The van der Waals surface area contributed by atoms with Crippen LogP contribution in [-0.4, -0.2) is 36.1 Å². The smallest absolute Gasteiger partial charge is 0.0181 e. The van der Waals surface area contributed by atoms with Gasteiger partial charge in [-0.25, -0.2) is 0 Å². The second kappa shape index (κ2) is 4.42. The minimum Gasteiger partial charge on any atom is -0.314 e. The van der Waals surface area contributed by atoms with Crippen molar-refractivity contribution in [2.45, 2.75) is 58.0 Å². The van der Waals surface area contributed by atoms with Crippen molar-refractivity contribution in [3.8, 4) is 0 Å². The van der Waals surface area contributed by atoms with Crippen molar-refractivity contribution < 1.29 is 0 Å². The predicted molar refractivity (Wildman–Crippen MR) is 65.1 cm³/mol. The molecule has 1 saturated heterocycles. The van der Waals surface area contributed by atoms with Gasteiger partial charge in [0.1, 0.15) is 0 Å². The van der Waals surface area contributed by atoms with Crippen LogP contribution in [0.4, 0.5) is 0 Å². The summed E-state index contributed by atoms with van der Waals surface area (Å²) < 4.78 is 0. The van der Waals surface area contributed by atoms with E-state index in [1.807, 2.05) is 0 Å². The zero-order chi connectivity index (χ0) is 10.9. The lowest BCUT2D eigenvalue weighted by atomic mass is 9.77. The molecule has 1 heterocycles. The molecule has 88 valence electrons. The Morgan fingerprint density at radius 3 is 2.67 bits per heavy atom. The maximum absolute atomic E-state index is 3.57. The van der Waals surface area contributed by atoms with Crippen LogP contribution in [0.25, 0.3) is 0 Å². The Morgan fingerprint density at radius 2 is 2.13 bits per heavy atom. The van der Waals surface area contributed by atoms with Gasteiger partial charge in [-0.1, -0.05) is 13.8 Å². The van der Waals surface area contributed by atoms with Crippen molar-refractivity contribution in [1.82, 2.24) is 10.2 Å². The van der Waals surface area contributed by atoms with Crippen LogP contribution < -0.4 is 5.32 Å². The molecule has 2 nitrogen and oxygen atoms in total. The van der Waals surface area contributed by atoms with Gasteiger partial charge in [-0.05, 0) is 51.6 Å². The van der Waals surface area contributed by atoms with Gasteiger partial charge in [0.05, 0.1) is 0 Å². The van der Waals surface area contributed by atoms with E-state index in [-0.39, 0.29) is 0 Å². The molecule has 1 saturated carbocycles. The minimum atomic E-state index is 0.576. The Kier molecular flexibility index (Phi) is 3.36. The molecule has 1 aliphatic heterocycles. The molecular formula is C13H26N2. The molecule has 0 aromatic heterocycles. The van der Waals surface area contributed by atoms with Crippen LogP contribution in [0.15, 0.2) is 0 Å². The van der Waals surface area contributed by atoms with E-state index in [2.05, 4.69) is 31.0 Å². The number of rotatable bonds is 4. The topological polar surface area (TPSA) is 15.3 Å². The standard InChI is InChI=1S/C13H26N2/c1-11(2)14-9-12-5-8-15(10-12)13(3)6-4-7-13/h11-12,14H,4-10H2,1-3H3. The van der Waals surface area contributed by atoms with Crippen LogP contribution in [0, 0.1) is 5.92 Å². The van der Waals surface area contributed by atoms with E-state index in [9.17, 15) is 0 Å². The summed E-state index contributed by atoms with van der Waals surface area (Å²) in [5, 5.41) is 3.57. The summed E-state index contributed by atoms with van der Waals surface area (Å²) in [4.78, 5) is 2.74. The number of likely N-dealkylation sites (tertiary alicyclic amines) is 1. The summed E-state index contributed by atoms with van der Waals surface area (Å²) in [5.41, 5.74) is 0.576. The average Bonchev–Trinajstić information content (AvgIpc) is 2.59. The molecule has 2 heteroatoms. The number of nitrogens with one attached hydrogen (secondary N) is 1. The monoisotopic (exact) mass is 210 g/mol. The van der Waals surface area contributed by atoms with Gasteiger partial charge >= 0.3 is 0 Å². The van der Waals surface area contributed by atoms with Crippen molar-refractivity contribution in [2.24, 2.45) is 5.92 Å². The second-order valence-corrected chi connectivity index (χ2v) is 6.01. The Labute approximate surface area is 94.4 Å². The first-order valence-corrected chi connectivity index (χ1v) is 6.58. The molecule has 0 amide bonds. The van der Waals surface area contributed by atoms with Gasteiger partial charge in [0.2, 0.25) is 0 Å². The van der Waals surface area contributed by atoms with Crippen LogP contribution in [0.5, 0.6) is 0 Å². The predicted octanol–water partition coefficient (Wildman–Crippen LogP) is 2.25. The maximum atomic E-state index is 3.57. The fraction of sp³-hybridized carbons (Fsp3) is 1.00. The highest BCUT2D eigenvalue weighted by atomic mass is 15.2. The molecule has 0 bridgehead atoms. The van der Waals surface area contributed by atoms with Crippen molar-refractivity contribution in [1.29, 1.82) is 0 Å². The molecule has 1 aliphatic carbocycles. The van der Waals surface area contributed by atoms with Crippen LogP contribution >= 0.6 is 0 Å². The van der Waals surface area contributed by atoms with Gasteiger partial charge < -0.3 is 5.32 Å². The van der Waals surface area contributed by atoms with Gasteiger partial charge in [0.25, 0.3) is 0 Å². The van der Waals surface area contributed by atoms with E-state index < -0.39 is 0 Å². The highest BCUT2D eigenvalue weighted by molar-refractivity contribution is 4.97. The third-order valence-corrected chi connectivity index (χ3v) is 4.29. The second-order valence-electron chi connectivity index (χ2n) is 6.01. The molecule has 0 aromatic carbocycles. The minimum absolute atomic E-state index is 0.576. The van der Waals surface area contributed by atoms with Crippen molar-refractivity contribution in [3.63, 3.8) is 0 Å². The molecule has 0 spiro atoms. The Morgan fingerprint density at radius 1 is 1.40 bits per heavy atom. The molecule has 15 heavy (non-hydrogen) atoms. The van der Waals surface area contributed by atoms with Gasteiger partial charge in [0.15, 0.2) is 0 Å². The first-order valence-electron chi connectivity index (χ1n) is 6.58. The first-order chi connectivity index (χ1) is 7.10. The molecule has 0 aromatic rings. The Hall–Kier alpha value is -0.0800. The third-order valence-electron chi connectivity index (χ3n) is 4.29. The van der Waals surface area contributed by atoms with Crippen LogP contribution in [-0.2, 0) is 0 Å². The average molecular weight is 210 g/mol. The summed E-state index contributed by atoms with van der Waals surface area (Å²) in [6, 6.07) is 0.637. The lowest BCUT2D eigenvalue weighted by Crippen LogP contribution is -2.50. The summed E-state index contributed by atoms with van der Waals surface area (Å²) >= 11 is 0. The third kappa shape index (κ3) is 2.54. The Balaban J connectivity index is 1.74. The van der Waals surface area contributed by atoms with Crippen LogP contribution in [0.2, 0.25) is 0 Å². The lowest BCUT2D eigenvalue weighted by molar-refractivity contribution is 0.0507. The molecular weight excluding hydrogens is 184 g/mol. The van der Waals surface area contributed by atoms with Gasteiger partial charge in [-0.15, -0.1) is 0 Å². The molecule has 0 radical (unpaired) electrons. The van der Waals surface area contributed by atoms with E-state index >= 15 is 0 Å². The number of hydrogen-bond acceptors (Lipinski definition) is 2. The molecule has 2 fully saturated rings. The molecule has 1 N–H and O–H groups in total. The fourth-order valence-corrected chi connectivity index (χ4v) is 2.90. The molecule has 2 aliphatic rings. The van der Waals surface area contributed by atoms with E-state index in [1.54, 1.807) is 0 Å². The normalized spacial score (nSPS) is 30.8. The largest absolute Gasteiger partial charge is 0.314 e. The number of hydrogen-bond donors (Lipinski definition) is 1. The van der Waals surface area contributed by atoms with Crippen LogP contribution in [0.1, 0.15) is 46.5 Å². The summed E-state index contributed by atoms with van der Waals surface area (Å²) in [6.45, 7) is 10.8. The van der Waals surface area contributed by atoms with E-state index in [1.165, 1.54) is 45.3 Å². The van der Waals surface area contributed by atoms with E-state index in [4.69, 9.17) is 0 Å². The zero-order valence-electron chi connectivity index (χ0n) is 10.6. The fourth-order valence-electron chi connectivity index (χ4n) is 2.90. The maximum Gasteiger partial charge on any atom is 0.0181 e. The molecule has 1 unspecified atom stereocenters. The van der Waals surface area contributed by atoms with Gasteiger partial charge in [-0.3, -0.25) is 4.90 Å². The Bertz CT molecular complexity index is 209. The van der Waals surface area contributed by atoms with E-state index in [0.29, 0.717) is 11.6 Å². The SMILES string of the molecule is CC(C)NCC1CCN(C2(C)CCC2)C1.